The van der Waals surface area contributed by atoms with Crippen molar-refractivity contribution < 1.29 is 18.8 Å². The lowest BCUT2D eigenvalue weighted by Gasteiger charge is -2.06. The molecule has 0 saturated carbocycles. The van der Waals surface area contributed by atoms with Crippen molar-refractivity contribution in [3.63, 3.8) is 0 Å². The van der Waals surface area contributed by atoms with Gasteiger partial charge in [-0.25, -0.2) is 9.78 Å². The summed E-state index contributed by atoms with van der Waals surface area (Å²) in [6, 6.07) is 1.51. The minimum absolute atomic E-state index is 0.0205. The van der Waals surface area contributed by atoms with E-state index in [1.807, 2.05) is 0 Å². The summed E-state index contributed by atoms with van der Waals surface area (Å²) in [6.45, 7) is 1.11. The van der Waals surface area contributed by atoms with Crippen LogP contribution in [0.5, 0.6) is 0 Å². The van der Waals surface area contributed by atoms with Crippen LogP contribution in [0.2, 0.25) is 15.1 Å². The number of carbonyl (C=O) groups is 2. The second-order valence-corrected chi connectivity index (χ2v) is 5.19. The maximum absolute atomic E-state index is 11.8. The summed E-state index contributed by atoms with van der Waals surface area (Å²) in [5.74, 6) is -0.767. The summed E-state index contributed by atoms with van der Waals surface area (Å²) in [4.78, 5) is 27.1. The molecule has 2 heterocycles. The number of nitrogens with one attached hydrogen (secondary N) is 1. The molecule has 0 aliphatic heterocycles. The van der Waals surface area contributed by atoms with Crippen LogP contribution in [-0.2, 0) is 9.53 Å². The average Bonchev–Trinajstić information content (AvgIpc) is 2.87. The molecule has 0 unspecified atom stereocenters. The highest BCUT2D eigenvalue weighted by Gasteiger charge is 2.19. The Morgan fingerprint density at radius 1 is 1.32 bits per heavy atom. The average molecular weight is 365 g/mol. The number of hydrogen-bond donors (Lipinski definition) is 1. The van der Waals surface area contributed by atoms with E-state index >= 15 is 0 Å². The minimum atomic E-state index is -0.907. The normalized spacial score (nSPS) is 10.4. The minimum Gasteiger partial charge on any atom is -0.451 e. The highest BCUT2D eigenvalue weighted by molar-refractivity contribution is 6.48. The van der Waals surface area contributed by atoms with E-state index in [1.165, 1.54) is 6.07 Å². The zero-order valence-electron chi connectivity index (χ0n) is 11.0. The molecule has 2 aromatic heterocycles. The Balaban J connectivity index is 1.95. The molecule has 7 nitrogen and oxygen atoms in total. The number of anilines is 1. The number of carbonyl (C=O) groups excluding carboxylic acids is 2. The van der Waals surface area contributed by atoms with Crippen LogP contribution in [0.1, 0.15) is 16.2 Å². The van der Waals surface area contributed by atoms with E-state index in [1.54, 1.807) is 6.92 Å². The van der Waals surface area contributed by atoms with Crippen LogP contribution in [0.25, 0.3) is 0 Å². The summed E-state index contributed by atoms with van der Waals surface area (Å²) in [5.41, 5.74) is -0.235. The molecule has 10 heteroatoms. The van der Waals surface area contributed by atoms with Crippen LogP contribution in [-0.4, -0.2) is 28.6 Å². The third-order valence-electron chi connectivity index (χ3n) is 2.34. The zero-order valence-corrected chi connectivity index (χ0v) is 13.3. The molecule has 0 fully saturated rings. The number of ether oxygens (including phenoxy) is 1. The topological polar surface area (TPSA) is 94.3 Å². The fourth-order valence-corrected chi connectivity index (χ4v) is 1.95. The molecule has 2 aromatic rings. The van der Waals surface area contributed by atoms with Gasteiger partial charge in [-0.2, -0.15) is 0 Å². The SMILES string of the molecule is Cc1cc(NC(=O)COC(=O)c2ncc(Cl)c(Cl)c2Cl)no1. The van der Waals surface area contributed by atoms with E-state index in [4.69, 9.17) is 44.1 Å². The summed E-state index contributed by atoms with van der Waals surface area (Å²) < 4.78 is 9.56. The lowest BCUT2D eigenvalue weighted by atomic mass is 10.3. The van der Waals surface area contributed by atoms with Crippen molar-refractivity contribution >= 4 is 52.5 Å². The number of amides is 1. The monoisotopic (exact) mass is 363 g/mol. The van der Waals surface area contributed by atoms with Gasteiger partial charge < -0.3 is 14.6 Å². The smallest absolute Gasteiger partial charge is 0.359 e. The van der Waals surface area contributed by atoms with Gasteiger partial charge in [-0.1, -0.05) is 40.0 Å². The Bertz CT molecular complexity index is 732. The molecule has 0 bridgehead atoms. The fourth-order valence-electron chi connectivity index (χ4n) is 1.39. The fraction of sp³-hybridized carbons (Fsp3) is 0.167. The Morgan fingerprint density at radius 3 is 2.68 bits per heavy atom. The largest absolute Gasteiger partial charge is 0.451 e. The first kappa shape index (κ1) is 16.5. The molecule has 0 radical (unpaired) electrons. The van der Waals surface area contributed by atoms with Gasteiger partial charge >= 0.3 is 5.97 Å². The number of pyridine rings is 1. The Labute approximate surface area is 139 Å². The number of halogens is 3. The Kier molecular flexibility index (Phi) is 5.23. The van der Waals surface area contributed by atoms with Crippen LogP contribution in [0, 0.1) is 6.92 Å². The Hall–Kier alpha value is -1.83. The van der Waals surface area contributed by atoms with Gasteiger partial charge in [0.1, 0.15) is 5.76 Å². The molecule has 0 aromatic carbocycles. The van der Waals surface area contributed by atoms with Gasteiger partial charge in [-0.05, 0) is 6.92 Å². The van der Waals surface area contributed by atoms with Crippen LogP contribution in [0.3, 0.4) is 0 Å². The van der Waals surface area contributed by atoms with Gasteiger partial charge in [0, 0.05) is 12.3 Å². The van der Waals surface area contributed by atoms with Crippen molar-refractivity contribution in [3.05, 3.63) is 38.8 Å². The van der Waals surface area contributed by atoms with Crippen LogP contribution >= 0.6 is 34.8 Å². The summed E-state index contributed by atoms with van der Waals surface area (Å²) >= 11 is 17.3. The molecule has 0 aliphatic rings. The van der Waals surface area contributed by atoms with Gasteiger partial charge in [-0.15, -0.1) is 0 Å². The molecule has 0 aliphatic carbocycles. The number of rotatable bonds is 4. The summed E-state index contributed by atoms with van der Waals surface area (Å²) in [6.07, 6.45) is 1.16. The molecule has 116 valence electrons. The lowest BCUT2D eigenvalue weighted by Crippen LogP contribution is -2.21. The predicted molar refractivity (Wildman–Crippen MR) is 79.4 cm³/mol. The quantitative estimate of drug-likeness (QED) is 0.838. The van der Waals surface area contributed by atoms with Crippen LogP contribution in [0.15, 0.2) is 16.8 Å². The molecule has 22 heavy (non-hydrogen) atoms. The molecule has 1 amide bonds. The van der Waals surface area contributed by atoms with E-state index in [0.717, 1.165) is 6.20 Å². The Morgan fingerprint density at radius 2 is 2.05 bits per heavy atom. The van der Waals surface area contributed by atoms with Crippen molar-refractivity contribution in [2.24, 2.45) is 0 Å². The molecule has 0 atom stereocenters. The first-order valence-electron chi connectivity index (χ1n) is 5.78. The van der Waals surface area contributed by atoms with Crippen molar-refractivity contribution in [1.29, 1.82) is 0 Å². The van der Waals surface area contributed by atoms with Crippen LogP contribution < -0.4 is 5.32 Å². The molecular weight excluding hydrogens is 357 g/mol. The van der Waals surface area contributed by atoms with E-state index in [-0.39, 0.29) is 26.6 Å². The highest BCUT2D eigenvalue weighted by atomic mass is 35.5. The zero-order chi connectivity index (χ0) is 16.3. The van der Waals surface area contributed by atoms with E-state index in [9.17, 15) is 9.59 Å². The highest BCUT2D eigenvalue weighted by Crippen LogP contribution is 2.31. The third kappa shape index (κ3) is 3.88. The number of aromatic nitrogens is 2. The maximum atomic E-state index is 11.8. The van der Waals surface area contributed by atoms with Crippen molar-refractivity contribution in [2.45, 2.75) is 6.92 Å². The van der Waals surface area contributed by atoms with E-state index in [0.29, 0.717) is 5.76 Å². The summed E-state index contributed by atoms with van der Waals surface area (Å²) in [7, 11) is 0. The van der Waals surface area contributed by atoms with Gasteiger partial charge in [-0.3, -0.25) is 4.79 Å². The second-order valence-electron chi connectivity index (χ2n) is 4.03. The number of nitrogens with zero attached hydrogens (tertiary/aromatic N) is 2. The van der Waals surface area contributed by atoms with Gasteiger partial charge in [0.15, 0.2) is 18.1 Å². The molecule has 0 spiro atoms. The van der Waals surface area contributed by atoms with Gasteiger partial charge in [0.25, 0.3) is 5.91 Å². The third-order valence-corrected chi connectivity index (χ3v) is 3.58. The number of hydrogen-bond acceptors (Lipinski definition) is 6. The van der Waals surface area contributed by atoms with E-state index < -0.39 is 18.5 Å². The maximum Gasteiger partial charge on any atom is 0.359 e. The molecular formula is C12H8Cl3N3O4. The first-order chi connectivity index (χ1) is 10.4. The first-order valence-corrected chi connectivity index (χ1v) is 6.91. The predicted octanol–water partition coefficient (Wildman–Crippen LogP) is 3.13. The van der Waals surface area contributed by atoms with E-state index in [2.05, 4.69) is 15.5 Å². The molecule has 1 N–H and O–H groups in total. The second kappa shape index (κ2) is 6.95. The van der Waals surface area contributed by atoms with Crippen molar-refractivity contribution in [3.8, 4) is 0 Å². The van der Waals surface area contributed by atoms with Crippen molar-refractivity contribution in [1.82, 2.24) is 10.1 Å². The van der Waals surface area contributed by atoms with Gasteiger partial charge in [0.2, 0.25) is 0 Å². The lowest BCUT2D eigenvalue weighted by molar-refractivity contribution is -0.119. The molecule has 0 saturated heterocycles. The number of aryl methyl sites for hydroxylation is 1. The summed E-state index contributed by atoms with van der Waals surface area (Å²) in [5, 5.41) is 5.88. The molecule has 2 rings (SSSR count). The van der Waals surface area contributed by atoms with Crippen molar-refractivity contribution in [2.75, 3.05) is 11.9 Å². The standard InChI is InChI=1S/C12H8Cl3N3O4/c1-5-2-7(18-22-5)17-8(19)4-21-12(20)11-10(15)9(14)6(13)3-16-11/h2-3H,4H2,1H3,(H,17,18,19). The number of esters is 1. The van der Waals surface area contributed by atoms with Gasteiger partial charge in [0.05, 0.1) is 15.1 Å². The van der Waals surface area contributed by atoms with Crippen LogP contribution in [0.4, 0.5) is 5.82 Å².